The van der Waals surface area contributed by atoms with Gasteiger partial charge in [0.25, 0.3) is 5.56 Å². The van der Waals surface area contributed by atoms with Crippen LogP contribution in [0.3, 0.4) is 0 Å². The molecule has 2 N–H and O–H groups in total. The fourth-order valence-electron chi connectivity index (χ4n) is 3.07. The number of nitrogens with zero attached hydrogens (tertiary/aromatic N) is 2. The van der Waals surface area contributed by atoms with Gasteiger partial charge < -0.3 is 15.4 Å². The van der Waals surface area contributed by atoms with Gasteiger partial charge in [-0.1, -0.05) is 30.3 Å². The molecular formula is C21H24N4O5S. The summed E-state index contributed by atoms with van der Waals surface area (Å²) in [7, 11) is 1.53. The summed E-state index contributed by atoms with van der Waals surface area (Å²) in [6.45, 7) is 0.738. The van der Waals surface area contributed by atoms with Crippen molar-refractivity contribution in [3.05, 3.63) is 68.2 Å². The van der Waals surface area contributed by atoms with Crippen molar-refractivity contribution in [3.63, 3.8) is 0 Å². The summed E-state index contributed by atoms with van der Waals surface area (Å²) >= 11 is 1.20. The molecule has 9 nitrogen and oxygen atoms in total. The fourth-order valence-corrected chi connectivity index (χ4v) is 3.92. The summed E-state index contributed by atoms with van der Waals surface area (Å²) in [4.78, 5) is 50.2. The molecule has 2 heterocycles. The molecule has 10 heteroatoms. The molecule has 0 saturated carbocycles. The van der Waals surface area contributed by atoms with Crippen molar-refractivity contribution in [2.24, 2.45) is 0 Å². The number of thiophene rings is 1. The molecule has 0 aliphatic rings. The molecule has 2 amide bonds. The summed E-state index contributed by atoms with van der Waals surface area (Å²) in [5.41, 5.74) is 0.289. The van der Waals surface area contributed by atoms with Gasteiger partial charge in [0, 0.05) is 33.2 Å². The SMILES string of the molecule is COCCNC(=O)Cn1c(=O)n(CCC(=O)NCc2ccccc2)c(=O)c2sccc21. The van der Waals surface area contributed by atoms with Crippen LogP contribution >= 0.6 is 11.3 Å². The van der Waals surface area contributed by atoms with E-state index in [2.05, 4.69) is 10.6 Å². The van der Waals surface area contributed by atoms with E-state index in [1.54, 1.807) is 11.4 Å². The molecule has 0 saturated heterocycles. The lowest BCUT2D eigenvalue weighted by Gasteiger charge is -2.12. The summed E-state index contributed by atoms with van der Waals surface area (Å²) in [6, 6.07) is 11.1. The highest BCUT2D eigenvalue weighted by atomic mass is 32.1. The maximum absolute atomic E-state index is 13.0. The van der Waals surface area contributed by atoms with Gasteiger partial charge in [-0.2, -0.15) is 0 Å². The predicted octanol–water partition coefficient (Wildman–Crippen LogP) is 0.694. The molecule has 0 aliphatic carbocycles. The minimum atomic E-state index is -0.617. The van der Waals surface area contributed by atoms with Crippen LogP contribution in [0.15, 0.2) is 51.4 Å². The van der Waals surface area contributed by atoms with E-state index in [0.29, 0.717) is 29.9 Å². The summed E-state index contributed by atoms with van der Waals surface area (Å²) in [5.74, 6) is -0.636. The van der Waals surface area contributed by atoms with Crippen molar-refractivity contribution in [2.75, 3.05) is 20.3 Å². The Hall–Kier alpha value is -3.24. The second-order valence-corrected chi connectivity index (χ2v) is 7.73. The van der Waals surface area contributed by atoms with Gasteiger partial charge in [0.1, 0.15) is 11.2 Å². The first-order chi connectivity index (χ1) is 15.0. The van der Waals surface area contributed by atoms with Crippen molar-refractivity contribution < 1.29 is 14.3 Å². The van der Waals surface area contributed by atoms with Crippen molar-refractivity contribution >= 4 is 33.4 Å². The maximum atomic E-state index is 13.0. The average Bonchev–Trinajstić information content (AvgIpc) is 3.26. The van der Waals surface area contributed by atoms with E-state index in [1.165, 1.54) is 23.0 Å². The van der Waals surface area contributed by atoms with Crippen molar-refractivity contribution in [3.8, 4) is 0 Å². The zero-order chi connectivity index (χ0) is 22.2. The third kappa shape index (κ3) is 5.68. The minimum absolute atomic E-state index is 0.0289. The van der Waals surface area contributed by atoms with E-state index in [1.807, 2.05) is 30.3 Å². The van der Waals surface area contributed by atoms with Gasteiger partial charge in [0.15, 0.2) is 0 Å². The highest BCUT2D eigenvalue weighted by Crippen LogP contribution is 2.15. The van der Waals surface area contributed by atoms with Crippen LogP contribution in [0, 0.1) is 0 Å². The standard InChI is InChI=1S/C21H24N4O5S/c1-30-11-9-22-18(27)14-25-16-8-12-31-19(16)20(28)24(21(25)29)10-7-17(26)23-13-15-5-3-2-4-6-15/h2-6,8,12H,7,9-11,13-14H2,1H3,(H,22,27)(H,23,26). The van der Waals surface area contributed by atoms with Crippen LogP contribution < -0.4 is 21.9 Å². The second kappa shape index (κ2) is 10.7. The van der Waals surface area contributed by atoms with Crippen molar-refractivity contribution in [2.45, 2.75) is 26.1 Å². The number of carbonyl (C=O) groups is 2. The molecule has 0 aliphatic heterocycles. The zero-order valence-electron chi connectivity index (χ0n) is 17.1. The number of ether oxygens (including phenoxy) is 1. The number of carbonyl (C=O) groups excluding carboxylic acids is 2. The Morgan fingerprint density at radius 2 is 1.81 bits per heavy atom. The number of benzene rings is 1. The summed E-state index contributed by atoms with van der Waals surface area (Å²) in [6.07, 6.45) is -0.0289. The van der Waals surface area contributed by atoms with Gasteiger partial charge in [-0.05, 0) is 17.0 Å². The third-order valence-electron chi connectivity index (χ3n) is 4.66. The molecular weight excluding hydrogens is 420 g/mol. The number of hydrogen-bond acceptors (Lipinski definition) is 6. The van der Waals surface area contributed by atoms with Gasteiger partial charge >= 0.3 is 5.69 Å². The zero-order valence-corrected chi connectivity index (χ0v) is 17.9. The topological polar surface area (TPSA) is 111 Å². The monoisotopic (exact) mass is 444 g/mol. The Morgan fingerprint density at radius 1 is 1.03 bits per heavy atom. The number of amides is 2. The fraction of sp³-hybridized carbons (Fsp3) is 0.333. The molecule has 0 spiro atoms. The van der Waals surface area contributed by atoms with E-state index in [0.717, 1.165) is 10.1 Å². The van der Waals surface area contributed by atoms with Crippen molar-refractivity contribution in [1.82, 2.24) is 19.8 Å². The van der Waals surface area contributed by atoms with Crippen LogP contribution in [0.1, 0.15) is 12.0 Å². The first kappa shape index (κ1) is 22.4. The van der Waals surface area contributed by atoms with Crippen LogP contribution in [-0.2, 0) is 34.0 Å². The van der Waals surface area contributed by atoms with E-state index in [4.69, 9.17) is 4.74 Å². The predicted molar refractivity (Wildman–Crippen MR) is 118 cm³/mol. The lowest BCUT2D eigenvalue weighted by Crippen LogP contribution is -2.43. The van der Waals surface area contributed by atoms with E-state index < -0.39 is 11.2 Å². The van der Waals surface area contributed by atoms with Crippen LogP contribution in [0.4, 0.5) is 0 Å². The van der Waals surface area contributed by atoms with E-state index >= 15 is 0 Å². The van der Waals surface area contributed by atoms with Crippen LogP contribution in [0.25, 0.3) is 10.2 Å². The summed E-state index contributed by atoms with van der Waals surface area (Å²) in [5, 5.41) is 7.14. The molecule has 0 radical (unpaired) electrons. The molecule has 31 heavy (non-hydrogen) atoms. The number of methoxy groups -OCH3 is 1. The summed E-state index contributed by atoms with van der Waals surface area (Å²) < 4.78 is 7.54. The Kier molecular flexibility index (Phi) is 7.74. The first-order valence-corrected chi connectivity index (χ1v) is 10.7. The van der Waals surface area contributed by atoms with Gasteiger partial charge in [0.05, 0.1) is 12.1 Å². The number of rotatable bonds is 10. The molecule has 2 aromatic heterocycles. The van der Waals surface area contributed by atoms with Crippen LogP contribution in [0.2, 0.25) is 0 Å². The Morgan fingerprint density at radius 3 is 2.55 bits per heavy atom. The Balaban J connectivity index is 1.74. The molecule has 3 rings (SSSR count). The first-order valence-electron chi connectivity index (χ1n) is 9.78. The number of aromatic nitrogens is 2. The van der Waals surface area contributed by atoms with Gasteiger partial charge in [-0.25, -0.2) is 4.79 Å². The Labute approximate surface area is 182 Å². The minimum Gasteiger partial charge on any atom is -0.383 e. The van der Waals surface area contributed by atoms with Crippen LogP contribution in [-0.4, -0.2) is 41.2 Å². The number of fused-ring (bicyclic) bond motifs is 1. The lowest BCUT2D eigenvalue weighted by atomic mass is 10.2. The van der Waals surface area contributed by atoms with Crippen molar-refractivity contribution in [1.29, 1.82) is 0 Å². The van der Waals surface area contributed by atoms with Gasteiger partial charge in [0.2, 0.25) is 11.8 Å². The highest BCUT2D eigenvalue weighted by molar-refractivity contribution is 7.17. The van der Waals surface area contributed by atoms with Crippen LogP contribution in [0.5, 0.6) is 0 Å². The lowest BCUT2D eigenvalue weighted by molar-refractivity contribution is -0.122. The highest BCUT2D eigenvalue weighted by Gasteiger charge is 2.17. The number of hydrogen-bond donors (Lipinski definition) is 2. The Bertz CT molecular complexity index is 1170. The second-order valence-electron chi connectivity index (χ2n) is 6.82. The van der Waals surface area contributed by atoms with E-state index in [-0.39, 0.29) is 31.3 Å². The maximum Gasteiger partial charge on any atom is 0.332 e. The molecule has 0 unspecified atom stereocenters. The van der Waals surface area contributed by atoms with Gasteiger partial charge in [-0.15, -0.1) is 11.3 Å². The molecule has 1 aromatic carbocycles. The molecule has 0 atom stereocenters. The molecule has 0 fully saturated rings. The largest absolute Gasteiger partial charge is 0.383 e. The smallest absolute Gasteiger partial charge is 0.332 e. The quantitative estimate of drug-likeness (QED) is 0.447. The van der Waals surface area contributed by atoms with E-state index in [9.17, 15) is 19.2 Å². The normalized spacial score (nSPS) is 10.9. The molecule has 3 aromatic rings. The van der Waals surface area contributed by atoms with Gasteiger partial charge in [-0.3, -0.25) is 23.5 Å². The number of nitrogens with one attached hydrogen (secondary N) is 2. The average molecular weight is 445 g/mol. The molecule has 164 valence electrons. The molecule has 0 bridgehead atoms. The third-order valence-corrected chi connectivity index (χ3v) is 5.55.